The quantitative estimate of drug-likeness (QED) is 0.0633. The number of carbonyl (C=O) groups is 1. The Morgan fingerprint density at radius 1 is 0.500 bits per heavy atom. The highest BCUT2D eigenvalue weighted by atomic mass is 16.5. The van der Waals surface area contributed by atoms with Crippen molar-refractivity contribution in [1.82, 2.24) is 0 Å². The van der Waals surface area contributed by atoms with E-state index < -0.39 is 0 Å². The highest BCUT2D eigenvalue weighted by molar-refractivity contribution is 5.70. The van der Waals surface area contributed by atoms with Crippen molar-refractivity contribution in [3.63, 3.8) is 0 Å². The number of rotatable bonds is 30. The Labute approximate surface area is 284 Å². The first-order valence-corrected chi connectivity index (χ1v) is 19.7. The second-order valence-electron chi connectivity index (χ2n) is 13.7. The van der Waals surface area contributed by atoms with E-state index in [1.165, 1.54) is 140 Å². The Balaban J connectivity index is 1.52. The SMILES string of the molecule is CCCCCCCCCCCCCCCOc1ccc(-c2ccc(C(C)OC(=O)CCCCCCCCCCCCC)cc2)cc1. The molecule has 1 atom stereocenters. The second kappa shape index (κ2) is 27.8. The number of benzene rings is 2. The first kappa shape index (κ1) is 39.9. The summed E-state index contributed by atoms with van der Waals surface area (Å²) in [7, 11) is 0. The van der Waals surface area contributed by atoms with Gasteiger partial charge in [-0.2, -0.15) is 0 Å². The second-order valence-corrected chi connectivity index (χ2v) is 13.7. The van der Waals surface area contributed by atoms with Crippen LogP contribution in [-0.4, -0.2) is 12.6 Å². The van der Waals surface area contributed by atoms with Crippen LogP contribution in [0.3, 0.4) is 0 Å². The molecule has 0 spiro atoms. The molecule has 0 aliphatic rings. The lowest BCUT2D eigenvalue weighted by molar-refractivity contribution is -0.148. The highest BCUT2D eigenvalue weighted by Crippen LogP contribution is 2.26. The standard InChI is InChI=1S/C43H70O3/c1-4-6-8-10-12-14-16-17-19-21-23-25-27-37-45-42-35-33-41(34-36-42)40-31-29-39(30-32-40)38(3)46-43(44)28-26-24-22-20-18-15-13-11-9-7-5-2/h29-36,38H,4-28,37H2,1-3H3. The molecule has 2 aromatic carbocycles. The zero-order valence-corrected chi connectivity index (χ0v) is 30.3. The van der Waals surface area contributed by atoms with Crippen molar-refractivity contribution < 1.29 is 14.3 Å². The molecule has 0 saturated carbocycles. The Morgan fingerprint density at radius 3 is 1.30 bits per heavy atom. The van der Waals surface area contributed by atoms with E-state index in [0.717, 1.165) is 42.7 Å². The molecule has 0 heterocycles. The number of hydrogen-bond donors (Lipinski definition) is 0. The van der Waals surface area contributed by atoms with Gasteiger partial charge in [0.15, 0.2) is 0 Å². The maximum absolute atomic E-state index is 12.4. The summed E-state index contributed by atoms with van der Waals surface area (Å²) in [6.07, 6.45) is 32.2. The van der Waals surface area contributed by atoms with Gasteiger partial charge in [0, 0.05) is 6.42 Å². The Hall–Kier alpha value is -2.29. The van der Waals surface area contributed by atoms with E-state index in [9.17, 15) is 4.79 Å². The minimum atomic E-state index is -0.227. The number of carbonyl (C=O) groups excluding carboxylic acids is 1. The molecule has 3 nitrogen and oxygen atoms in total. The predicted molar refractivity (Wildman–Crippen MR) is 199 cm³/mol. The van der Waals surface area contributed by atoms with E-state index in [-0.39, 0.29) is 12.1 Å². The number of unbranched alkanes of at least 4 members (excludes halogenated alkanes) is 22. The molecule has 0 bridgehead atoms. The molecule has 260 valence electrons. The van der Waals surface area contributed by atoms with Gasteiger partial charge in [-0.3, -0.25) is 4.79 Å². The molecular weight excluding hydrogens is 564 g/mol. The van der Waals surface area contributed by atoms with Gasteiger partial charge in [0.2, 0.25) is 0 Å². The normalized spacial score (nSPS) is 11.9. The topological polar surface area (TPSA) is 35.5 Å². The molecule has 2 aromatic rings. The Morgan fingerprint density at radius 2 is 0.870 bits per heavy atom. The summed E-state index contributed by atoms with van der Waals surface area (Å²) < 4.78 is 11.7. The predicted octanol–water partition coefficient (Wildman–Crippen LogP) is 14.1. The van der Waals surface area contributed by atoms with Crippen molar-refractivity contribution in [2.75, 3.05) is 6.61 Å². The van der Waals surface area contributed by atoms with Gasteiger partial charge < -0.3 is 9.47 Å². The molecule has 0 N–H and O–H groups in total. The van der Waals surface area contributed by atoms with Crippen LogP contribution in [0.5, 0.6) is 5.75 Å². The van der Waals surface area contributed by atoms with Gasteiger partial charge in [-0.15, -0.1) is 0 Å². The molecule has 0 radical (unpaired) electrons. The largest absolute Gasteiger partial charge is 0.494 e. The monoisotopic (exact) mass is 635 g/mol. The smallest absolute Gasteiger partial charge is 0.306 e. The van der Waals surface area contributed by atoms with Gasteiger partial charge in [-0.1, -0.05) is 192 Å². The van der Waals surface area contributed by atoms with E-state index in [1.54, 1.807) is 0 Å². The molecule has 0 aliphatic heterocycles. The molecule has 2 rings (SSSR count). The van der Waals surface area contributed by atoms with E-state index >= 15 is 0 Å². The summed E-state index contributed by atoms with van der Waals surface area (Å²) in [4.78, 5) is 12.4. The lowest BCUT2D eigenvalue weighted by atomic mass is 10.0. The summed E-state index contributed by atoms with van der Waals surface area (Å²) in [6.45, 7) is 7.32. The van der Waals surface area contributed by atoms with Gasteiger partial charge in [0.25, 0.3) is 0 Å². The van der Waals surface area contributed by atoms with Gasteiger partial charge in [-0.25, -0.2) is 0 Å². The Bertz CT molecular complexity index is 965. The molecule has 46 heavy (non-hydrogen) atoms. The summed E-state index contributed by atoms with van der Waals surface area (Å²) in [5.74, 6) is 0.861. The zero-order chi connectivity index (χ0) is 32.9. The average Bonchev–Trinajstić information content (AvgIpc) is 3.07. The molecule has 0 aromatic heterocycles. The third kappa shape index (κ3) is 20.1. The van der Waals surface area contributed by atoms with Crippen molar-refractivity contribution in [3.8, 4) is 16.9 Å². The fourth-order valence-electron chi connectivity index (χ4n) is 6.26. The zero-order valence-electron chi connectivity index (χ0n) is 30.3. The minimum absolute atomic E-state index is 0.0816. The molecular formula is C43H70O3. The number of esters is 1. The van der Waals surface area contributed by atoms with Crippen LogP contribution in [-0.2, 0) is 9.53 Å². The van der Waals surface area contributed by atoms with Gasteiger partial charge in [0.05, 0.1) is 6.61 Å². The van der Waals surface area contributed by atoms with Crippen molar-refractivity contribution in [2.45, 2.75) is 187 Å². The van der Waals surface area contributed by atoms with Crippen LogP contribution < -0.4 is 4.74 Å². The number of ether oxygens (including phenoxy) is 2. The van der Waals surface area contributed by atoms with Crippen LogP contribution in [0, 0.1) is 0 Å². The summed E-state index contributed by atoms with van der Waals surface area (Å²) in [6, 6.07) is 16.8. The highest BCUT2D eigenvalue weighted by Gasteiger charge is 2.12. The Kier molecular flexibility index (Phi) is 24.1. The average molecular weight is 635 g/mol. The fourth-order valence-corrected chi connectivity index (χ4v) is 6.26. The first-order valence-electron chi connectivity index (χ1n) is 19.7. The number of hydrogen-bond acceptors (Lipinski definition) is 3. The maximum atomic E-state index is 12.4. The van der Waals surface area contributed by atoms with E-state index in [4.69, 9.17) is 9.47 Å². The van der Waals surface area contributed by atoms with E-state index in [1.807, 2.05) is 6.92 Å². The lowest BCUT2D eigenvalue weighted by Crippen LogP contribution is -2.08. The molecule has 1 unspecified atom stereocenters. The minimum Gasteiger partial charge on any atom is -0.494 e. The van der Waals surface area contributed by atoms with Crippen molar-refractivity contribution >= 4 is 5.97 Å². The van der Waals surface area contributed by atoms with Crippen LogP contribution in [0.15, 0.2) is 48.5 Å². The van der Waals surface area contributed by atoms with Gasteiger partial charge >= 0.3 is 5.97 Å². The molecule has 3 heteroatoms. The van der Waals surface area contributed by atoms with Gasteiger partial charge in [-0.05, 0) is 48.6 Å². The molecule has 0 amide bonds. The fraction of sp³-hybridized carbons (Fsp3) is 0.698. The lowest BCUT2D eigenvalue weighted by Gasteiger charge is -2.14. The van der Waals surface area contributed by atoms with Gasteiger partial charge in [0.1, 0.15) is 11.9 Å². The van der Waals surface area contributed by atoms with Crippen molar-refractivity contribution in [2.24, 2.45) is 0 Å². The maximum Gasteiger partial charge on any atom is 0.306 e. The van der Waals surface area contributed by atoms with Crippen LogP contribution in [0.25, 0.3) is 11.1 Å². The molecule has 0 aliphatic carbocycles. The third-order valence-corrected chi connectivity index (χ3v) is 9.38. The van der Waals surface area contributed by atoms with E-state index in [2.05, 4.69) is 62.4 Å². The molecule has 0 fully saturated rings. The molecule has 0 saturated heterocycles. The van der Waals surface area contributed by atoms with Crippen molar-refractivity contribution in [3.05, 3.63) is 54.1 Å². The van der Waals surface area contributed by atoms with Crippen LogP contribution in [0.1, 0.15) is 193 Å². The van der Waals surface area contributed by atoms with Crippen LogP contribution in [0.2, 0.25) is 0 Å². The summed E-state index contributed by atoms with van der Waals surface area (Å²) in [5.41, 5.74) is 3.36. The third-order valence-electron chi connectivity index (χ3n) is 9.38. The summed E-state index contributed by atoms with van der Waals surface area (Å²) >= 11 is 0. The summed E-state index contributed by atoms with van der Waals surface area (Å²) in [5, 5.41) is 0. The van der Waals surface area contributed by atoms with E-state index in [0.29, 0.717) is 6.42 Å². The van der Waals surface area contributed by atoms with Crippen LogP contribution in [0.4, 0.5) is 0 Å². The first-order chi connectivity index (χ1) is 22.6. The van der Waals surface area contributed by atoms with Crippen LogP contribution >= 0.6 is 0 Å². The van der Waals surface area contributed by atoms with Crippen molar-refractivity contribution in [1.29, 1.82) is 0 Å².